The number of halogens is 2. The lowest BCUT2D eigenvalue weighted by atomic mass is 10.1. The third kappa shape index (κ3) is 4.53. The van der Waals surface area contributed by atoms with Gasteiger partial charge in [0.2, 0.25) is 0 Å². The van der Waals surface area contributed by atoms with Crippen LogP contribution < -0.4 is 5.32 Å². The van der Waals surface area contributed by atoms with Crippen LogP contribution >= 0.6 is 0 Å². The average Bonchev–Trinajstić information content (AvgIpc) is 2.70. The quantitative estimate of drug-likeness (QED) is 0.889. The normalized spacial score (nSPS) is 18.8. The molecular weight excluding hydrogens is 258 g/mol. The first kappa shape index (κ1) is 15.4. The van der Waals surface area contributed by atoms with Crippen molar-refractivity contribution < 1.29 is 8.78 Å². The lowest BCUT2D eigenvalue weighted by Crippen LogP contribution is -2.34. The van der Waals surface area contributed by atoms with Crippen LogP contribution in [0.15, 0.2) is 18.2 Å². The van der Waals surface area contributed by atoms with Gasteiger partial charge in [-0.05, 0) is 51.1 Å². The molecule has 0 saturated carbocycles. The molecule has 0 aromatic heterocycles. The molecule has 1 aliphatic heterocycles. The van der Waals surface area contributed by atoms with Crippen molar-refractivity contribution in [3.8, 4) is 0 Å². The van der Waals surface area contributed by atoms with Crippen LogP contribution in [-0.2, 0) is 0 Å². The predicted molar refractivity (Wildman–Crippen MR) is 77.7 cm³/mol. The Kier molecular flexibility index (Phi) is 5.92. The molecule has 1 aliphatic rings. The molecular formula is C16H24F2N2. The first-order chi connectivity index (χ1) is 9.66. The van der Waals surface area contributed by atoms with Gasteiger partial charge in [0.15, 0.2) is 0 Å². The summed E-state index contributed by atoms with van der Waals surface area (Å²) in [5, 5.41) is 3.29. The van der Waals surface area contributed by atoms with E-state index in [2.05, 4.69) is 10.2 Å². The van der Waals surface area contributed by atoms with E-state index >= 15 is 0 Å². The molecule has 1 aromatic carbocycles. The van der Waals surface area contributed by atoms with Crippen LogP contribution in [-0.4, -0.2) is 31.1 Å². The van der Waals surface area contributed by atoms with E-state index in [-0.39, 0.29) is 17.7 Å². The second-order valence-corrected chi connectivity index (χ2v) is 5.60. The van der Waals surface area contributed by atoms with E-state index in [0.29, 0.717) is 5.56 Å². The molecule has 0 amide bonds. The third-order valence-electron chi connectivity index (χ3n) is 4.00. The smallest absolute Gasteiger partial charge is 0.128 e. The van der Waals surface area contributed by atoms with Crippen molar-refractivity contribution in [1.82, 2.24) is 10.2 Å². The zero-order chi connectivity index (χ0) is 14.4. The molecule has 1 N–H and O–H groups in total. The fourth-order valence-electron chi connectivity index (χ4n) is 2.76. The minimum Gasteiger partial charge on any atom is -0.309 e. The van der Waals surface area contributed by atoms with Gasteiger partial charge in [-0.1, -0.05) is 12.8 Å². The summed E-state index contributed by atoms with van der Waals surface area (Å²) in [5.74, 6) is -0.733. The summed E-state index contributed by atoms with van der Waals surface area (Å²) in [6.07, 6.45) is 5.20. The van der Waals surface area contributed by atoms with Crippen molar-refractivity contribution in [2.24, 2.45) is 0 Å². The summed E-state index contributed by atoms with van der Waals surface area (Å²) in [6, 6.07) is 3.46. The monoisotopic (exact) mass is 282 g/mol. The largest absolute Gasteiger partial charge is 0.309 e. The van der Waals surface area contributed by atoms with E-state index in [0.717, 1.165) is 32.2 Å². The highest BCUT2D eigenvalue weighted by atomic mass is 19.1. The highest BCUT2D eigenvalue weighted by Gasteiger charge is 2.13. The molecule has 4 heteroatoms. The van der Waals surface area contributed by atoms with Gasteiger partial charge in [0.25, 0.3) is 0 Å². The van der Waals surface area contributed by atoms with E-state index in [9.17, 15) is 8.78 Å². The highest BCUT2D eigenvalue weighted by Crippen LogP contribution is 2.17. The van der Waals surface area contributed by atoms with Crippen LogP contribution in [0.25, 0.3) is 0 Å². The van der Waals surface area contributed by atoms with Crippen molar-refractivity contribution in [3.05, 3.63) is 35.4 Å². The van der Waals surface area contributed by atoms with Crippen molar-refractivity contribution in [2.75, 3.05) is 26.2 Å². The molecule has 1 saturated heterocycles. The Morgan fingerprint density at radius 1 is 1.15 bits per heavy atom. The van der Waals surface area contributed by atoms with Gasteiger partial charge in [0, 0.05) is 24.7 Å². The molecule has 0 bridgehead atoms. The molecule has 2 rings (SSSR count). The van der Waals surface area contributed by atoms with Crippen LogP contribution in [0.2, 0.25) is 0 Å². The van der Waals surface area contributed by atoms with Crippen LogP contribution in [0, 0.1) is 11.6 Å². The lowest BCUT2D eigenvalue weighted by Gasteiger charge is -2.22. The Hall–Kier alpha value is -1.00. The van der Waals surface area contributed by atoms with Crippen molar-refractivity contribution in [3.63, 3.8) is 0 Å². The maximum absolute atomic E-state index is 13.6. The molecule has 1 unspecified atom stereocenters. The van der Waals surface area contributed by atoms with Crippen LogP contribution in [0.5, 0.6) is 0 Å². The molecule has 1 aromatic rings. The summed E-state index contributed by atoms with van der Waals surface area (Å²) in [4.78, 5) is 2.45. The molecule has 1 heterocycles. The Morgan fingerprint density at radius 3 is 2.55 bits per heavy atom. The predicted octanol–water partition coefficient (Wildman–Crippen LogP) is 3.49. The van der Waals surface area contributed by atoms with Crippen LogP contribution in [0.4, 0.5) is 8.78 Å². The molecule has 1 atom stereocenters. The Labute approximate surface area is 120 Å². The van der Waals surface area contributed by atoms with E-state index in [1.807, 2.05) is 6.92 Å². The number of hydrogen-bond donors (Lipinski definition) is 1. The standard InChI is InChI=1S/C16H24F2N2/c1-13(15-12-14(17)6-7-16(15)18)19-8-11-20-9-4-2-3-5-10-20/h6-7,12-13,19H,2-5,8-11H2,1H3. The molecule has 0 radical (unpaired) electrons. The summed E-state index contributed by atoms with van der Waals surface area (Å²) < 4.78 is 26.8. The number of rotatable bonds is 5. The third-order valence-corrected chi connectivity index (χ3v) is 4.00. The van der Waals surface area contributed by atoms with Crippen molar-refractivity contribution in [1.29, 1.82) is 0 Å². The van der Waals surface area contributed by atoms with E-state index < -0.39 is 0 Å². The number of nitrogens with one attached hydrogen (secondary N) is 1. The topological polar surface area (TPSA) is 15.3 Å². The van der Waals surface area contributed by atoms with E-state index in [1.165, 1.54) is 37.8 Å². The minimum absolute atomic E-state index is 0.169. The number of hydrogen-bond acceptors (Lipinski definition) is 2. The summed E-state index contributed by atoms with van der Waals surface area (Å²) in [6.45, 7) is 5.97. The SMILES string of the molecule is CC(NCCN1CCCCCC1)c1cc(F)ccc1F. The van der Waals surface area contributed by atoms with Gasteiger partial charge < -0.3 is 10.2 Å². The minimum atomic E-state index is -0.387. The zero-order valence-corrected chi connectivity index (χ0v) is 12.2. The molecule has 0 aliphatic carbocycles. The Balaban J connectivity index is 1.79. The first-order valence-electron chi connectivity index (χ1n) is 7.57. The number of nitrogens with zero attached hydrogens (tertiary/aromatic N) is 1. The van der Waals surface area contributed by atoms with Gasteiger partial charge in [0.05, 0.1) is 0 Å². The first-order valence-corrected chi connectivity index (χ1v) is 7.57. The Bertz CT molecular complexity index is 415. The van der Waals surface area contributed by atoms with Gasteiger partial charge in [-0.15, -0.1) is 0 Å². The van der Waals surface area contributed by atoms with Gasteiger partial charge in [-0.25, -0.2) is 8.78 Å². The molecule has 1 fully saturated rings. The Morgan fingerprint density at radius 2 is 1.85 bits per heavy atom. The number of likely N-dealkylation sites (tertiary alicyclic amines) is 1. The maximum atomic E-state index is 13.6. The summed E-state index contributed by atoms with van der Waals surface area (Å²) in [5.41, 5.74) is 0.404. The van der Waals surface area contributed by atoms with Gasteiger partial charge in [-0.3, -0.25) is 0 Å². The van der Waals surface area contributed by atoms with Gasteiger partial charge in [0.1, 0.15) is 11.6 Å². The van der Waals surface area contributed by atoms with Gasteiger partial charge >= 0.3 is 0 Å². The molecule has 112 valence electrons. The van der Waals surface area contributed by atoms with E-state index in [4.69, 9.17) is 0 Å². The van der Waals surface area contributed by atoms with Crippen LogP contribution in [0.1, 0.15) is 44.2 Å². The van der Waals surface area contributed by atoms with Crippen molar-refractivity contribution >= 4 is 0 Å². The maximum Gasteiger partial charge on any atom is 0.128 e. The van der Waals surface area contributed by atoms with Crippen molar-refractivity contribution in [2.45, 2.75) is 38.6 Å². The average molecular weight is 282 g/mol. The summed E-state index contributed by atoms with van der Waals surface area (Å²) >= 11 is 0. The molecule has 2 nitrogen and oxygen atoms in total. The van der Waals surface area contributed by atoms with Crippen LogP contribution in [0.3, 0.4) is 0 Å². The second-order valence-electron chi connectivity index (χ2n) is 5.60. The molecule has 0 spiro atoms. The lowest BCUT2D eigenvalue weighted by molar-refractivity contribution is 0.280. The fraction of sp³-hybridized carbons (Fsp3) is 0.625. The summed E-state index contributed by atoms with van der Waals surface area (Å²) in [7, 11) is 0. The van der Waals surface area contributed by atoms with E-state index in [1.54, 1.807) is 0 Å². The highest BCUT2D eigenvalue weighted by molar-refractivity contribution is 5.21. The number of benzene rings is 1. The zero-order valence-electron chi connectivity index (χ0n) is 12.2. The second kappa shape index (κ2) is 7.70. The molecule has 20 heavy (non-hydrogen) atoms. The fourth-order valence-corrected chi connectivity index (χ4v) is 2.76. The van der Waals surface area contributed by atoms with Gasteiger partial charge in [-0.2, -0.15) is 0 Å².